The molecule has 94 valence electrons. The molecule has 0 aliphatic carbocycles. The van der Waals surface area contributed by atoms with Crippen molar-refractivity contribution in [1.82, 2.24) is 0 Å². The molecule has 0 heterocycles. The van der Waals surface area contributed by atoms with Crippen molar-refractivity contribution in [2.24, 2.45) is 11.8 Å². The number of hydrogen-bond acceptors (Lipinski definition) is 2. The van der Waals surface area contributed by atoms with E-state index in [-0.39, 0.29) is 11.7 Å². The van der Waals surface area contributed by atoms with Gasteiger partial charge in [0.2, 0.25) is 0 Å². The summed E-state index contributed by atoms with van der Waals surface area (Å²) < 4.78 is 13.5. The number of halogens is 1. The summed E-state index contributed by atoms with van der Waals surface area (Å²) >= 11 is 0. The fourth-order valence-electron chi connectivity index (χ4n) is 1.73. The summed E-state index contributed by atoms with van der Waals surface area (Å²) in [7, 11) is 1.71. The first-order valence-corrected chi connectivity index (χ1v) is 5.62. The second-order valence-electron chi connectivity index (χ2n) is 4.52. The molecule has 0 fully saturated rings. The zero-order valence-corrected chi connectivity index (χ0v) is 10.4. The van der Waals surface area contributed by atoms with Crippen LogP contribution in [0.3, 0.4) is 0 Å². The Morgan fingerprint density at radius 1 is 1.41 bits per heavy atom. The molecular formula is C13H18FNO2. The molecule has 0 amide bonds. The van der Waals surface area contributed by atoms with Crippen LogP contribution in [-0.4, -0.2) is 24.7 Å². The normalized spacial score (nSPS) is 12.5. The first-order valence-electron chi connectivity index (χ1n) is 5.62. The Morgan fingerprint density at radius 3 is 2.47 bits per heavy atom. The molecule has 0 radical (unpaired) electrons. The lowest BCUT2D eigenvalue weighted by atomic mass is 9.95. The minimum Gasteiger partial charge on any atom is -0.481 e. The van der Waals surface area contributed by atoms with Gasteiger partial charge < -0.3 is 10.0 Å². The van der Waals surface area contributed by atoms with Crippen LogP contribution in [0.25, 0.3) is 0 Å². The van der Waals surface area contributed by atoms with Gasteiger partial charge >= 0.3 is 5.97 Å². The number of hydrogen-bond donors (Lipinski definition) is 1. The van der Waals surface area contributed by atoms with Gasteiger partial charge in [-0.15, -0.1) is 0 Å². The molecule has 0 saturated carbocycles. The molecule has 0 aromatic heterocycles. The molecule has 1 N–H and O–H groups in total. The molecule has 1 aromatic rings. The van der Waals surface area contributed by atoms with Gasteiger partial charge in [-0.05, 0) is 18.1 Å². The van der Waals surface area contributed by atoms with E-state index >= 15 is 0 Å². The quantitative estimate of drug-likeness (QED) is 0.858. The van der Waals surface area contributed by atoms with Gasteiger partial charge in [0.25, 0.3) is 0 Å². The molecule has 0 spiro atoms. The molecular weight excluding hydrogens is 221 g/mol. The summed E-state index contributed by atoms with van der Waals surface area (Å²) in [5, 5.41) is 9.09. The predicted octanol–water partition coefficient (Wildman–Crippen LogP) is 2.62. The van der Waals surface area contributed by atoms with Crippen LogP contribution in [0.2, 0.25) is 0 Å². The molecule has 4 heteroatoms. The van der Waals surface area contributed by atoms with Crippen LogP contribution in [0.15, 0.2) is 24.3 Å². The molecule has 1 unspecified atom stereocenters. The summed E-state index contributed by atoms with van der Waals surface area (Å²) in [6.45, 7) is 4.01. The molecule has 1 aromatic carbocycles. The van der Waals surface area contributed by atoms with E-state index in [1.165, 1.54) is 6.07 Å². The van der Waals surface area contributed by atoms with E-state index in [1.54, 1.807) is 30.1 Å². The highest BCUT2D eigenvalue weighted by Crippen LogP contribution is 2.20. The molecule has 3 nitrogen and oxygen atoms in total. The average molecular weight is 239 g/mol. The van der Waals surface area contributed by atoms with E-state index in [9.17, 15) is 9.18 Å². The second-order valence-corrected chi connectivity index (χ2v) is 4.52. The summed E-state index contributed by atoms with van der Waals surface area (Å²) in [5.41, 5.74) is 0.430. The van der Waals surface area contributed by atoms with Crippen molar-refractivity contribution in [1.29, 1.82) is 0 Å². The maximum Gasteiger partial charge on any atom is 0.308 e. The van der Waals surface area contributed by atoms with Crippen molar-refractivity contribution < 1.29 is 14.3 Å². The first kappa shape index (κ1) is 13.5. The number of carboxylic acid groups (broad SMARTS) is 1. The van der Waals surface area contributed by atoms with Gasteiger partial charge in [0.05, 0.1) is 11.6 Å². The number of carbonyl (C=O) groups is 1. The summed E-state index contributed by atoms with van der Waals surface area (Å²) in [6, 6.07) is 6.37. The van der Waals surface area contributed by atoms with Crippen LogP contribution in [0.4, 0.5) is 10.1 Å². The zero-order chi connectivity index (χ0) is 13.0. The first-order chi connectivity index (χ1) is 7.93. The highest BCUT2D eigenvalue weighted by molar-refractivity contribution is 5.71. The van der Waals surface area contributed by atoms with Gasteiger partial charge in [0.15, 0.2) is 0 Å². The third-order valence-corrected chi connectivity index (χ3v) is 2.86. The van der Waals surface area contributed by atoms with Crippen molar-refractivity contribution in [2.75, 3.05) is 18.5 Å². The van der Waals surface area contributed by atoms with Gasteiger partial charge in [0.1, 0.15) is 5.82 Å². The minimum absolute atomic E-state index is 0.0155. The highest BCUT2D eigenvalue weighted by Gasteiger charge is 2.23. The van der Waals surface area contributed by atoms with Crippen LogP contribution >= 0.6 is 0 Å². The molecule has 17 heavy (non-hydrogen) atoms. The van der Waals surface area contributed by atoms with Crippen LogP contribution in [0.5, 0.6) is 0 Å². The Bertz CT molecular complexity index is 393. The lowest BCUT2D eigenvalue weighted by molar-refractivity contribution is -0.142. The Balaban J connectivity index is 2.81. The van der Waals surface area contributed by atoms with Crippen molar-refractivity contribution >= 4 is 11.7 Å². The number of aliphatic carboxylic acids is 1. The SMILES string of the molecule is CC(C)C(CN(C)c1ccccc1F)C(=O)O. The third kappa shape index (κ3) is 3.44. The number of benzene rings is 1. The van der Waals surface area contributed by atoms with Crippen LogP contribution in [0, 0.1) is 17.7 Å². The van der Waals surface area contributed by atoms with E-state index < -0.39 is 11.9 Å². The third-order valence-electron chi connectivity index (χ3n) is 2.86. The van der Waals surface area contributed by atoms with Crippen LogP contribution in [0.1, 0.15) is 13.8 Å². The molecule has 1 rings (SSSR count). The number of anilines is 1. The van der Waals surface area contributed by atoms with E-state index in [1.807, 2.05) is 13.8 Å². The molecule has 0 aliphatic rings. The zero-order valence-electron chi connectivity index (χ0n) is 10.4. The summed E-state index contributed by atoms with van der Waals surface area (Å²) in [5.74, 6) is -1.66. The van der Waals surface area contributed by atoms with Gasteiger partial charge in [-0.2, -0.15) is 0 Å². The van der Waals surface area contributed by atoms with Crippen LogP contribution < -0.4 is 4.90 Å². The summed E-state index contributed by atoms with van der Waals surface area (Å²) in [4.78, 5) is 12.7. The maximum atomic E-state index is 13.5. The fourth-order valence-corrected chi connectivity index (χ4v) is 1.73. The van der Waals surface area contributed by atoms with Crippen molar-refractivity contribution in [3.05, 3.63) is 30.1 Å². The predicted molar refractivity (Wildman–Crippen MR) is 65.6 cm³/mol. The average Bonchev–Trinajstić information content (AvgIpc) is 2.25. The monoisotopic (exact) mass is 239 g/mol. The van der Waals surface area contributed by atoms with Gasteiger partial charge in [-0.1, -0.05) is 26.0 Å². The minimum atomic E-state index is -0.844. The van der Waals surface area contributed by atoms with Crippen LogP contribution in [-0.2, 0) is 4.79 Å². The largest absolute Gasteiger partial charge is 0.481 e. The molecule has 0 saturated heterocycles. The topological polar surface area (TPSA) is 40.5 Å². The van der Waals surface area contributed by atoms with Gasteiger partial charge in [-0.25, -0.2) is 4.39 Å². The maximum absolute atomic E-state index is 13.5. The van der Waals surface area contributed by atoms with Crippen molar-refractivity contribution in [3.8, 4) is 0 Å². The fraction of sp³-hybridized carbons (Fsp3) is 0.462. The summed E-state index contributed by atoms with van der Waals surface area (Å²) in [6.07, 6.45) is 0. The molecule has 0 aliphatic heterocycles. The van der Waals surface area contributed by atoms with Gasteiger partial charge in [-0.3, -0.25) is 4.79 Å². The Labute approximate surface area is 101 Å². The second kappa shape index (κ2) is 5.66. The number of nitrogens with zero attached hydrogens (tertiary/aromatic N) is 1. The van der Waals surface area contributed by atoms with E-state index in [0.717, 1.165) is 0 Å². The van der Waals surface area contributed by atoms with E-state index in [4.69, 9.17) is 5.11 Å². The Hall–Kier alpha value is -1.58. The highest BCUT2D eigenvalue weighted by atomic mass is 19.1. The van der Waals surface area contributed by atoms with Gasteiger partial charge in [0, 0.05) is 13.6 Å². The van der Waals surface area contributed by atoms with E-state index in [0.29, 0.717) is 12.2 Å². The molecule has 0 bridgehead atoms. The Kier molecular flexibility index (Phi) is 4.49. The standard InChI is InChI=1S/C13H18FNO2/c1-9(2)10(13(16)17)8-15(3)12-7-5-4-6-11(12)14/h4-7,9-10H,8H2,1-3H3,(H,16,17). The van der Waals surface area contributed by atoms with Crippen molar-refractivity contribution in [2.45, 2.75) is 13.8 Å². The van der Waals surface area contributed by atoms with Crippen molar-refractivity contribution in [3.63, 3.8) is 0 Å². The van der Waals surface area contributed by atoms with E-state index in [2.05, 4.69) is 0 Å². The number of para-hydroxylation sites is 1. The number of carboxylic acids is 1. The lowest BCUT2D eigenvalue weighted by Crippen LogP contribution is -2.33. The lowest BCUT2D eigenvalue weighted by Gasteiger charge is -2.25. The number of rotatable bonds is 5. The molecule has 1 atom stereocenters. The Morgan fingerprint density at radius 2 is 2.00 bits per heavy atom. The smallest absolute Gasteiger partial charge is 0.308 e.